The molecule has 1 rings (SSSR count). The van der Waals surface area contributed by atoms with Crippen molar-refractivity contribution < 1.29 is 4.79 Å². The van der Waals surface area contributed by atoms with Crippen LogP contribution in [0.25, 0.3) is 0 Å². The topological polar surface area (TPSA) is 29.1 Å². The minimum absolute atomic E-state index is 0.200. The summed E-state index contributed by atoms with van der Waals surface area (Å²) < 4.78 is 0. The maximum atomic E-state index is 11.3. The van der Waals surface area contributed by atoms with Gasteiger partial charge in [0.05, 0.1) is 0 Å². The zero-order valence-corrected chi connectivity index (χ0v) is 10.1. The zero-order chi connectivity index (χ0) is 11.0. The molecule has 0 aliphatic heterocycles. The van der Waals surface area contributed by atoms with Gasteiger partial charge in [-0.1, -0.05) is 34.6 Å². The van der Waals surface area contributed by atoms with Crippen LogP contribution in [0.5, 0.6) is 0 Å². The first kappa shape index (κ1) is 11.5. The van der Waals surface area contributed by atoms with Gasteiger partial charge in [-0.3, -0.25) is 4.79 Å². The van der Waals surface area contributed by atoms with Crippen molar-refractivity contribution in [1.29, 1.82) is 0 Å². The molecule has 1 N–H and O–H groups in total. The van der Waals surface area contributed by atoms with Crippen LogP contribution in [0.4, 0.5) is 0 Å². The van der Waals surface area contributed by atoms with Gasteiger partial charge in [0.25, 0.3) is 0 Å². The second-order valence-electron chi connectivity index (χ2n) is 5.55. The maximum absolute atomic E-state index is 11.3. The maximum Gasteiger partial charge on any atom is 0.219 e. The van der Waals surface area contributed by atoms with E-state index in [4.69, 9.17) is 0 Å². The van der Waals surface area contributed by atoms with Crippen molar-refractivity contribution >= 4 is 5.91 Å². The predicted octanol–water partition coefficient (Wildman–Crippen LogP) is 2.58. The van der Waals surface area contributed by atoms with E-state index >= 15 is 0 Å². The summed E-state index contributed by atoms with van der Waals surface area (Å²) in [6.07, 6.45) is 1.59. The van der Waals surface area contributed by atoms with Gasteiger partial charge in [-0.15, -0.1) is 0 Å². The summed E-state index contributed by atoms with van der Waals surface area (Å²) in [5.74, 6) is 0.835. The molecule has 0 aromatic rings. The Balaban J connectivity index is 2.32. The number of nitrogens with one attached hydrogen (secondary N) is 1. The molecule has 0 heterocycles. The quantitative estimate of drug-likeness (QED) is 0.737. The van der Waals surface area contributed by atoms with Gasteiger partial charge in [-0.2, -0.15) is 0 Å². The number of hydrogen-bond acceptors (Lipinski definition) is 1. The number of carbonyl (C=O) groups excluding carboxylic acids is 1. The fourth-order valence-corrected chi connectivity index (χ4v) is 2.37. The zero-order valence-electron chi connectivity index (χ0n) is 10.1. The Kier molecular flexibility index (Phi) is 2.93. The van der Waals surface area contributed by atoms with Crippen LogP contribution >= 0.6 is 0 Å². The average Bonchev–Trinajstić information content (AvgIpc) is 2.41. The highest BCUT2D eigenvalue weighted by molar-refractivity contribution is 5.75. The molecule has 82 valence electrons. The van der Waals surface area contributed by atoms with Crippen molar-refractivity contribution in [2.45, 2.75) is 47.5 Å². The third-order valence-corrected chi connectivity index (χ3v) is 4.30. The minimum Gasteiger partial charge on any atom is -0.356 e. The SMILES string of the molecule is CCCC(=O)NCC1C(C)(C)C1(C)C. The first-order valence-electron chi connectivity index (χ1n) is 5.60. The molecule has 2 heteroatoms. The van der Waals surface area contributed by atoms with Crippen LogP contribution in [0.1, 0.15) is 47.5 Å². The van der Waals surface area contributed by atoms with Crippen molar-refractivity contribution in [2.24, 2.45) is 16.7 Å². The molecule has 2 nitrogen and oxygen atoms in total. The molecular weight excluding hydrogens is 174 g/mol. The third-order valence-electron chi connectivity index (χ3n) is 4.30. The average molecular weight is 197 g/mol. The molecule has 1 amide bonds. The van der Waals surface area contributed by atoms with E-state index < -0.39 is 0 Å². The van der Waals surface area contributed by atoms with E-state index in [0.29, 0.717) is 23.2 Å². The van der Waals surface area contributed by atoms with Gasteiger partial charge >= 0.3 is 0 Å². The Morgan fingerprint density at radius 3 is 2.07 bits per heavy atom. The van der Waals surface area contributed by atoms with Crippen LogP contribution in [-0.4, -0.2) is 12.5 Å². The van der Waals surface area contributed by atoms with Gasteiger partial charge in [-0.25, -0.2) is 0 Å². The van der Waals surface area contributed by atoms with Crippen LogP contribution in [0.15, 0.2) is 0 Å². The molecule has 0 unspecified atom stereocenters. The largest absolute Gasteiger partial charge is 0.356 e. The summed E-state index contributed by atoms with van der Waals surface area (Å²) in [6, 6.07) is 0. The Hall–Kier alpha value is -0.530. The van der Waals surface area contributed by atoms with Crippen molar-refractivity contribution in [1.82, 2.24) is 5.32 Å². The van der Waals surface area contributed by atoms with Crippen LogP contribution in [-0.2, 0) is 4.79 Å². The number of amides is 1. The van der Waals surface area contributed by atoms with Gasteiger partial charge in [0.2, 0.25) is 5.91 Å². The van der Waals surface area contributed by atoms with Gasteiger partial charge in [0.1, 0.15) is 0 Å². The Morgan fingerprint density at radius 1 is 1.21 bits per heavy atom. The Bertz CT molecular complexity index is 216. The molecule has 0 spiro atoms. The monoisotopic (exact) mass is 197 g/mol. The first-order valence-corrected chi connectivity index (χ1v) is 5.60. The fraction of sp³-hybridized carbons (Fsp3) is 0.917. The van der Waals surface area contributed by atoms with Crippen LogP contribution < -0.4 is 5.32 Å². The van der Waals surface area contributed by atoms with Gasteiger partial charge in [0, 0.05) is 13.0 Å². The second kappa shape index (κ2) is 3.56. The number of carbonyl (C=O) groups is 1. The molecule has 14 heavy (non-hydrogen) atoms. The Labute approximate surface area is 87.5 Å². The molecule has 0 radical (unpaired) electrons. The second-order valence-corrected chi connectivity index (χ2v) is 5.55. The highest BCUT2D eigenvalue weighted by atomic mass is 16.1. The van der Waals surface area contributed by atoms with E-state index in [2.05, 4.69) is 33.0 Å². The molecule has 0 bridgehead atoms. The summed E-state index contributed by atoms with van der Waals surface area (Å²) in [4.78, 5) is 11.3. The lowest BCUT2D eigenvalue weighted by atomic mass is 10.0. The van der Waals surface area contributed by atoms with E-state index in [0.717, 1.165) is 13.0 Å². The first-order chi connectivity index (χ1) is 6.34. The van der Waals surface area contributed by atoms with Gasteiger partial charge in [-0.05, 0) is 23.2 Å². The minimum atomic E-state index is 0.200. The summed E-state index contributed by atoms with van der Waals surface area (Å²) in [7, 11) is 0. The van der Waals surface area contributed by atoms with E-state index in [1.165, 1.54) is 0 Å². The molecule has 0 aromatic carbocycles. The lowest BCUT2D eigenvalue weighted by Crippen LogP contribution is -2.26. The normalized spacial score (nSPS) is 23.2. The summed E-state index contributed by atoms with van der Waals surface area (Å²) in [6.45, 7) is 12.0. The van der Waals surface area contributed by atoms with Gasteiger partial charge in [0.15, 0.2) is 0 Å². The molecular formula is C12H23NO. The van der Waals surface area contributed by atoms with Crippen molar-refractivity contribution in [3.8, 4) is 0 Å². The standard InChI is InChI=1S/C12H23NO/c1-6-7-10(14)13-8-9-11(2,3)12(9,4)5/h9H,6-8H2,1-5H3,(H,13,14). The van der Waals surface area contributed by atoms with Crippen molar-refractivity contribution in [3.05, 3.63) is 0 Å². The number of hydrogen-bond donors (Lipinski definition) is 1. The summed E-state index contributed by atoms with van der Waals surface area (Å²) in [5, 5.41) is 3.02. The van der Waals surface area contributed by atoms with Crippen molar-refractivity contribution in [2.75, 3.05) is 6.54 Å². The molecule has 1 saturated carbocycles. The predicted molar refractivity (Wildman–Crippen MR) is 59.0 cm³/mol. The van der Waals surface area contributed by atoms with E-state index in [1.807, 2.05) is 6.92 Å². The molecule has 1 fully saturated rings. The molecule has 0 aromatic heterocycles. The van der Waals surface area contributed by atoms with Crippen LogP contribution in [0.2, 0.25) is 0 Å². The van der Waals surface area contributed by atoms with E-state index in [1.54, 1.807) is 0 Å². The smallest absolute Gasteiger partial charge is 0.219 e. The summed E-state index contributed by atoms with van der Waals surface area (Å²) in [5.41, 5.74) is 0.763. The Morgan fingerprint density at radius 2 is 1.71 bits per heavy atom. The summed E-state index contributed by atoms with van der Waals surface area (Å²) >= 11 is 0. The van der Waals surface area contributed by atoms with Crippen molar-refractivity contribution in [3.63, 3.8) is 0 Å². The van der Waals surface area contributed by atoms with E-state index in [9.17, 15) is 4.79 Å². The molecule has 0 saturated heterocycles. The molecule has 0 atom stereocenters. The molecule has 1 aliphatic rings. The molecule has 1 aliphatic carbocycles. The third kappa shape index (κ3) is 1.79. The lowest BCUT2D eigenvalue weighted by molar-refractivity contribution is -0.121. The highest BCUT2D eigenvalue weighted by Crippen LogP contribution is 2.67. The van der Waals surface area contributed by atoms with Crippen LogP contribution in [0, 0.1) is 16.7 Å². The fourth-order valence-electron chi connectivity index (χ4n) is 2.37. The lowest BCUT2D eigenvalue weighted by Gasteiger charge is -2.05. The number of rotatable bonds is 4. The van der Waals surface area contributed by atoms with Crippen LogP contribution in [0.3, 0.4) is 0 Å². The van der Waals surface area contributed by atoms with Gasteiger partial charge < -0.3 is 5.32 Å². The van der Waals surface area contributed by atoms with E-state index in [-0.39, 0.29) is 5.91 Å². The highest BCUT2D eigenvalue weighted by Gasteiger charge is 2.64.